The molecule has 1 aromatic rings. The molecule has 1 aliphatic heterocycles. The van der Waals surface area contributed by atoms with Crippen molar-refractivity contribution in [2.75, 3.05) is 45.8 Å². The largest absolute Gasteiger partial charge is 0.376 e. The summed E-state index contributed by atoms with van der Waals surface area (Å²) in [5, 5.41) is 6.09. The number of likely N-dealkylation sites (N-methyl/N-ethyl adjacent to an activating group) is 1. The summed E-state index contributed by atoms with van der Waals surface area (Å²) in [5.41, 5.74) is 1.10. The van der Waals surface area contributed by atoms with Gasteiger partial charge in [0.1, 0.15) is 0 Å². The van der Waals surface area contributed by atoms with Gasteiger partial charge >= 0.3 is 0 Å². The van der Waals surface area contributed by atoms with Gasteiger partial charge in [0.05, 0.1) is 31.6 Å². The van der Waals surface area contributed by atoms with E-state index < -0.39 is 0 Å². The third kappa shape index (κ3) is 3.92. The zero-order valence-electron chi connectivity index (χ0n) is 10.3. The minimum Gasteiger partial charge on any atom is -0.376 e. The predicted molar refractivity (Wildman–Crippen MR) is 68.6 cm³/mol. The average molecular weight is 257 g/mol. The first-order valence-corrected chi connectivity index (χ1v) is 6.66. The Bertz CT molecular complexity index is 339. The van der Waals surface area contributed by atoms with Crippen molar-refractivity contribution in [2.24, 2.45) is 0 Å². The second-order valence-corrected chi connectivity index (χ2v) is 5.02. The number of ether oxygens (including phenoxy) is 2. The molecule has 1 aromatic heterocycles. The maximum absolute atomic E-state index is 5.62. The Morgan fingerprint density at radius 2 is 2.47 bits per heavy atom. The Labute approximate surface area is 106 Å². The van der Waals surface area contributed by atoms with Crippen molar-refractivity contribution in [1.29, 1.82) is 0 Å². The molecule has 0 aromatic carbocycles. The normalized spacial score (nSPS) is 20.8. The van der Waals surface area contributed by atoms with Crippen molar-refractivity contribution in [3.05, 3.63) is 11.1 Å². The van der Waals surface area contributed by atoms with Gasteiger partial charge in [-0.3, -0.25) is 4.90 Å². The van der Waals surface area contributed by atoms with Crippen LogP contribution < -0.4 is 5.32 Å². The lowest BCUT2D eigenvalue weighted by molar-refractivity contribution is -0.0963. The Morgan fingerprint density at radius 1 is 1.59 bits per heavy atom. The summed E-state index contributed by atoms with van der Waals surface area (Å²) < 4.78 is 11.0. The summed E-state index contributed by atoms with van der Waals surface area (Å²) >= 11 is 1.63. The van der Waals surface area contributed by atoms with Crippen LogP contribution in [0.2, 0.25) is 0 Å². The quantitative estimate of drug-likeness (QED) is 0.854. The minimum atomic E-state index is 0.191. The number of nitrogens with zero attached hydrogens (tertiary/aromatic N) is 2. The van der Waals surface area contributed by atoms with Gasteiger partial charge in [0.25, 0.3) is 0 Å². The molecule has 17 heavy (non-hydrogen) atoms. The van der Waals surface area contributed by atoms with Gasteiger partial charge in [0.2, 0.25) is 0 Å². The molecule has 0 bridgehead atoms. The molecule has 0 unspecified atom stereocenters. The van der Waals surface area contributed by atoms with E-state index in [4.69, 9.17) is 9.47 Å². The number of anilines is 1. The molecule has 1 saturated heterocycles. The van der Waals surface area contributed by atoms with Crippen LogP contribution in [0.1, 0.15) is 5.69 Å². The summed E-state index contributed by atoms with van der Waals surface area (Å²) in [6.45, 7) is 3.85. The monoisotopic (exact) mass is 257 g/mol. The maximum Gasteiger partial charge on any atom is 0.182 e. The maximum atomic E-state index is 5.62. The van der Waals surface area contributed by atoms with Crippen molar-refractivity contribution in [1.82, 2.24) is 9.88 Å². The molecule has 0 radical (unpaired) electrons. The molecular formula is C11H19N3O2S. The van der Waals surface area contributed by atoms with E-state index in [0.29, 0.717) is 13.2 Å². The van der Waals surface area contributed by atoms with Crippen LogP contribution in [-0.4, -0.2) is 56.4 Å². The van der Waals surface area contributed by atoms with Crippen LogP contribution in [0.4, 0.5) is 5.13 Å². The minimum absolute atomic E-state index is 0.191. The molecule has 96 valence electrons. The lowest BCUT2D eigenvalue weighted by Crippen LogP contribution is -2.38. The number of hydrogen-bond donors (Lipinski definition) is 1. The summed E-state index contributed by atoms with van der Waals surface area (Å²) in [5.74, 6) is 0. The van der Waals surface area contributed by atoms with Gasteiger partial charge in [-0.15, -0.1) is 11.3 Å². The number of nitrogens with one attached hydrogen (secondary N) is 1. The highest BCUT2D eigenvalue weighted by Crippen LogP contribution is 2.15. The zero-order valence-corrected chi connectivity index (χ0v) is 11.1. The van der Waals surface area contributed by atoms with Crippen molar-refractivity contribution in [3.63, 3.8) is 0 Å². The molecule has 2 heterocycles. The fraction of sp³-hybridized carbons (Fsp3) is 0.727. The van der Waals surface area contributed by atoms with Crippen molar-refractivity contribution in [2.45, 2.75) is 12.6 Å². The lowest BCUT2D eigenvalue weighted by Gasteiger charge is -2.27. The van der Waals surface area contributed by atoms with E-state index in [0.717, 1.165) is 30.5 Å². The van der Waals surface area contributed by atoms with E-state index in [-0.39, 0.29) is 6.10 Å². The topological polar surface area (TPSA) is 46.6 Å². The number of thiazole rings is 1. The van der Waals surface area contributed by atoms with Gasteiger partial charge in [-0.1, -0.05) is 0 Å². The van der Waals surface area contributed by atoms with Gasteiger partial charge in [0.15, 0.2) is 5.13 Å². The van der Waals surface area contributed by atoms with Gasteiger partial charge in [-0.2, -0.15) is 0 Å². The molecule has 1 aliphatic rings. The molecule has 1 fully saturated rings. The van der Waals surface area contributed by atoms with Crippen LogP contribution in [0.25, 0.3) is 0 Å². The number of aromatic nitrogens is 1. The number of rotatable bonds is 5. The molecule has 1 atom stereocenters. The SMILES string of the molecule is CNc1nc(CN(C)C[C@@H]2COCCO2)cs1. The van der Waals surface area contributed by atoms with Gasteiger partial charge < -0.3 is 14.8 Å². The smallest absolute Gasteiger partial charge is 0.182 e. The fourth-order valence-corrected chi connectivity index (χ4v) is 2.49. The van der Waals surface area contributed by atoms with Gasteiger partial charge in [-0.25, -0.2) is 4.98 Å². The average Bonchev–Trinajstić information content (AvgIpc) is 2.78. The highest BCUT2D eigenvalue weighted by molar-refractivity contribution is 7.13. The molecule has 0 saturated carbocycles. The second kappa shape index (κ2) is 6.30. The zero-order chi connectivity index (χ0) is 12.1. The van der Waals surface area contributed by atoms with E-state index in [1.807, 2.05) is 7.05 Å². The second-order valence-electron chi connectivity index (χ2n) is 4.16. The van der Waals surface area contributed by atoms with E-state index in [1.165, 1.54) is 0 Å². The first-order chi connectivity index (χ1) is 8.28. The number of hydrogen-bond acceptors (Lipinski definition) is 6. The summed E-state index contributed by atoms with van der Waals surface area (Å²) in [4.78, 5) is 6.67. The highest BCUT2D eigenvalue weighted by Gasteiger charge is 2.16. The molecule has 1 N–H and O–H groups in total. The van der Waals surface area contributed by atoms with Gasteiger partial charge in [0, 0.05) is 25.5 Å². The van der Waals surface area contributed by atoms with E-state index >= 15 is 0 Å². The first kappa shape index (κ1) is 12.8. The lowest BCUT2D eigenvalue weighted by atomic mass is 10.3. The van der Waals surface area contributed by atoms with Crippen molar-refractivity contribution in [3.8, 4) is 0 Å². The Morgan fingerprint density at radius 3 is 3.12 bits per heavy atom. The van der Waals surface area contributed by atoms with Crippen LogP contribution in [0, 0.1) is 0 Å². The van der Waals surface area contributed by atoms with Crippen LogP contribution in [0.3, 0.4) is 0 Å². The fourth-order valence-electron chi connectivity index (χ4n) is 1.83. The first-order valence-electron chi connectivity index (χ1n) is 5.78. The molecule has 0 amide bonds. The van der Waals surface area contributed by atoms with Gasteiger partial charge in [-0.05, 0) is 7.05 Å². The molecule has 0 spiro atoms. The van der Waals surface area contributed by atoms with Crippen LogP contribution >= 0.6 is 11.3 Å². The molecular weight excluding hydrogens is 238 g/mol. The third-order valence-electron chi connectivity index (χ3n) is 2.60. The van der Waals surface area contributed by atoms with E-state index in [9.17, 15) is 0 Å². The standard InChI is InChI=1S/C11H19N3O2S/c1-12-11-13-9(8-17-11)5-14(2)6-10-7-15-3-4-16-10/h8,10H,3-7H2,1-2H3,(H,12,13)/t10-/m1/s1. The molecule has 5 nitrogen and oxygen atoms in total. The van der Waals surface area contributed by atoms with Crippen LogP contribution in [0.5, 0.6) is 0 Å². The Kier molecular flexibility index (Phi) is 4.73. The summed E-state index contributed by atoms with van der Waals surface area (Å²) in [6, 6.07) is 0. The van der Waals surface area contributed by atoms with E-state index in [1.54, 1.807) is 11.3 Å². The Balaban J connectivity index is 1.77. The molecule has 2 rings (SSSR count). The van der Waals surface area contributed by atoms with Crippen molar-refractivity contribution < 1.29 is 9.47 Å². The van der Waals surface area contributed by atoms with Crippen LogP contribution in [0.15, 0.2) is 5.38 Å². The molecule has 6 heteroatoms. The molecule has 0 aliphatic carbocycles. The van der Waals surface area contributed by atoms with Crippen LogP contribution in [-0.2, 0) is 16.0 Å². The highest BCUT2D eigenvalue weighted by atomic mass is 32.1. The summed E-state index contributed by atoms with van der Waals surface area (Å²) in [6.07, 6.45) is 0.191. The Hall–Kier alpha value is -0.690. The summed E-state index contributed by atoms with van der Waals surface area (Å²) in [7, 11) is 3.97. The predicted octanol–water partition coefficient (Wildman–Crippen LogP) is 1.03. The van der Waals surface area contributed by atoms with E-state index in [2.05, 4.69) is 27.6 Å². The van der Waals surface area contributed by atoms with Crippen molar-refractivity contribution >= 4 is 16.5 Å². The third-order valence-corrected chi connectivity index (χ3v) is 3.51.